The van der Waals surface area contributed by atoms with Crippen LogP contribution in [0.5, 0.6) is 11.5 Å². The van der Waals surface area contributed by atoms with Crippen LogP contribution in [0.1, 0.15) is 54.0 Å². The van der Waals surface area contributed by atoms with Gasteiger partial charge in [0.1, 0.15) is 23.0 Å². The summed E-state index contributed by atoms with van der Waals surface area (Å²) < 4.78 is 16.6. The number of allylic oxidation sites excluding steroid dienone is 1. The number of hydrogen-bond acceptors (Lipinski definition) is 5. The van der Waals surface area contributed by atoms with Crippen molar-refractivity contribution in [1.82, 2.24) is 0 Å². The molecule has 26 heavy (non-hydrogen) atoms. The minimum absolute atomic E-state index is 0.0304. The van der Waals surface area contributed by atoms with Crippen molar-refractivity contribution in [3.63, 3.8) is 0 Å². The quantitative estimate of drug-likeness (QED) is 0.455. The molecule has 5 heteroatoms. The van der Waals surface area contributed by atoms with Gasteiger partial charge in [-0.1, -0.05) is 19.3 Å². The predicted molar refractivity (Wildman–Crippen MR) is 95.0 cm³/mol. The van der Waals surface area contributed by atoms with Gasteiger partial charge in [0.15, 0.2) is 5.76 Å². The summed E-state index contributed by atoms with van der Waals surface area (Å²) in [7, 11) is 0. The molecule has 1 aliphatic carbocycles. The zero-order chi connectivity index (χ0) is 18.1. The van der Waals surface area contributed by atoms with Gasteiger partial charge < -0.3 is 13.9 Å². The van der Waals surface area contributed by atoms with Gasteiger partial charge in [0.25, 0.3) is 0 Å². The molecule has 2 aromatic rings. The molecule has 0 radical (unpaired) electrons. The van der Waals surface area contributed by atoms with Crippen LogP contribution in [0.25, 0.3) is 6.08 Å². The van der Waals surface area contributed by atoms with E-state index in [0.29, 0.717) is 22.8 Å². The molecule has 0 saturated heterocycles. The smallest absolute Gasteiger partial charge is 0.314 e. The zero-order valence-electron chi connectivity index (χ0n) is 14.6. The first-order chi connectivity index (χ1) is 12.6. The Balaban J connectivity index is 1.50. The summed E-state index contributed by atoms with van der Waals surface area (Å²) in [6, 6.07) is 8.47. The van der Waals surface area contributed by atoms with E-state index < -0.39 is 0 Å². The summed E-state index contributed by atoms with van der Waals surface area (Å²) in [6.45, 7) is 1.83. The van der Waals surface area contributed by atoms with Gasteiger partial charge in [-0.05, 0) is 44.0 Å². The predicted octanol–water partition coefficient (Wildman–Crippen LogP) is 4.69. The van der Waals surface area contributed by atoms with Crippen LogP contribution in [0, 0.1) is 12.8 Å². The van der Waals surface area contributed by atoms with Gasteiger partial charge in [0.05, 0.1) is 11.5 Å². The molecule has 5 nitrogen and oxygen atoms in total. The van der Waals surface area contributed by atoms with E-state index in [1.54, 1.807) is 30.3 Å². The number of aryl methyl sites for hydroxylation is 1. The molecule has 2 aliphatic rings. The third-order valence-electron chi connectivity index (χ3n) is 4.83. The van der Waals surface area contributed by atoms with Gasteiger partial charge in [-0.2, -0.15) is 0 Å². The van der Waals surface area contributed by atoms with Crippen LogP contribution in [-0.2, 0) is 4.79 Å². The van der Waals surface area contributed by atoms with E-state index in [4.69, 9.17) is 13.9 Å². The Bertz CT molecular complexity index is 884. The van der Waals surface area contributed by atoms with Crippen LogP contribution in [0.2, 0.25) is 0 Å². The number of carbonyl (C=O) groups excluding carboxylic acids is 2. The average molecular weight is 352 g/mol. The van der Waals surface area contributed by atoms with E-state index in [1.807, 2.05) is 13.0 Å². The maximum absolute atomic E-state index is 12.4. The second kappa shape index (κ2) is 6.83. The Kier molecular flexibility index (Phi) is 4.37. The maximum Gasteiger partial charge on any atom is 0.314 e. The van der Waals surface area contributed by atoms with Gasteiger partial charge >= 0.3 is 5.97 Å². The second-order valence-corrected chi connectivity index (χ2v) is 6.80. The van der Waals surface area contributed by atoms with Crippen molar-refractivity contribution in [3.8, 4) is 11.5 Å². The molecule has 1 aromatic carbocycles. The van der Waals surface area contributed by atoms with E-state index in [9.17, 15) is 9.59 Å². The third kappa shape index (κ3) is 3.29. The summed E-state index contributed by atoms with van der Waals surface area (Å²) in [4.78, 5) is 24.7. The molecule has 134 valence electrons. The van der Waals surface area contributed by atoms with Crippen molar-refractivity contribution in [3.05, 3.63) is 53.2 Å². The number of fused-ring (bicyclic) bond motifs is 1. The Morgan fingerprint density at radius 3 is 2.69 bits per heavy atom. The maximum atomic E-state index is 12.4. The Hall–Kier alpha value is -2.82. The van der Waals surface area contributed by atoms with E-state index >= 15 is 0 Å². The number of furan rings is 1. The minimum Gasteiger partial charge on any atom is -0.462 e. The summed E-state index contributed by atoms with van der Waals surface area (Å²) in [5, 5.41) is 0. The van der Waals surface area contributed by atoms with Crippen molar-refractivity contribution in [2.24, 2.45) is 5.92 Å². The van der Waals surface area contributed by atoms with Gasteiger partial charge in [-0.15, -0.1) is 0 Å². The molecule has 2 heterocycles. The van der Waals surface area contributed by atoms with Gasteiger partial charge in [0.2, 0.25) is 5.78 Å². The lowest BCUT2D eigenvalue weighted by molar-refractivity contribution is -0.139. The molecule has 4 rings (SSSR count). The van der Waals surface area contributed by atoms with Crippen molar-refractivity contribution < 1.29 is 23.5 Å². The minimum atomic E-state index is -0.209. The topological polar surface area (TPSA) is 65.7 Å². The molecule has 0 N–H and O–H groups in total. The monoisotopic (exact) mass is 352 g/mol. The Morgan fingerprint density at radius 1 is 1.15 bits per heavy atom. The number of hydrogen-bond donors (Lipinski definition) is 0. The van der Waals surface area contributed by atoms with Crippen LogP contribution in [-0.4, -0.2) is 11.8 Å². The summed E-state index contributed by atoms with van der Waals surface area (Å²) in [6.07, 6.45) is 6.66. The van der Waals surface area contributed by atoms with E-state index in [1.165, 1.54) is 6.42 Å². The SMILES string of the molecule is Cc1ccc(C=C2Oc3cc(OC(=O)C4CCCCC4)ccc3C2=O)o1. The number of ether oxygens (including phenoxy) is 2. The molecule has 1 fully saturated rings. The Morgan fingerprint density at radius 2 is 1.96 bits per heavy atom. The van der Waals surface area contributed by atoms with Crippen molar-refractivity contribution >= 4 is 17.8 Å². The van der Waals surface area contributed by atoms with Crippen LogP contribution in [0.4, 0.5) is 0 Å². The second-order valence-electron chi connectivity index (χ2n) is 6.80. The molecule has 0 spiro atoms. The first kappa shape index (κ1) is 16.6. The molecule has 1 aromatic heterocycles. The fourth-order valence-corrected chi connectivity index (χ4v) is 3.43. The third-order valence-corrected chi connectivity index (χ3v) is 4.83. The number of ketones is 1. The normalized spacial score (nSPS) is 18.7. The number of carbonyl (C=O) groups is 2. The van der Waals surface area contributed by atoms with Gasteiger partial charge in [0, 0.05) is 12.1 Å². The number of benzene rings is 1. The van der Waals surface area contributed by atoms with Crippen LogP contribution < -0.4 is 9.47 Å². The largest absolute Gasteiger partial charge is 0.462 e. The fraction of sp³-hybridized carbons (Fsp3) is 0.333. The number of rotatable bonds is 3. The highest BCUT2D eigenvalue weighted by Crippen LogP contribution is 2.35. The van der Waals surface area contributed by atoms with Crippen LogP contribution >= 0.6 is 0 Å². The molecule has 1 saturated carbocycles. The summed E-state index contributed by atoms with van der Waals surface area (Å²) in [5.41, 5.74) is 0.456. The number of esters is 1. The fourth-order valence-electron chi connectivity index (χ4n) is 3.43. The lowest BCUT2D eigenvalue weighted by Crippen LogP contribution is -2.22. The molecule has 0 atom stereocenters. The molecule has 1 aliphatic heterocycles. The van der Waals surface area contributed by atoms with E-state index in [2.05, 4.69) is 0 Å². The Labute approximate surface area is 151 Å². The molecule has 0 unspecified atom stereocenters. The van der Waals surface area contributed by atoms with Gasteiger partial charge in [-0.25, -0.2) is 0 Å². The molecular formula is C21H20O5. The standard InChI is InChI=1S/C21H20O5/c1-13-7-8-15(24-13)12-19-20(22)17-10-9-16(11-18(17)26-19)25-21(23)14-5-3-2-4-6-14/h7-12,14H,2-6H2,1H3. The summed E-state index contributed by atoms with van der Waals surface area (Å²) in [5.74, 6) is 1.89. The highest BCUT2D eigenvalue weighted by atomic mass is 16.5. The summed E-state index contributed by atoms with van der Waals surface area (Å²) >= 11 is 0. The number of Topliss-reactive ketones (excluding diaryl/α,β-unsaturated/α-hetero) is 1. The highest BCUT2D eigenvalue weighted by Gasteiger charge is 2.29. The first-order valence-electron chi connectivity index (χ1n) is 8.96. The molecule has 0 amide bonds. The average Bonchev–Trinajstić information content (AvgIpc) is 3.19. The lowest BCUT2D eigenvalue weighted by atomic mass is 9.89. The first-order valence-corrected chi connectivity index (χ1v) is 8.96. The highest BCUT2D eigenvalue weighted by molar-refractivity contribution is 6.14. The van der Waals surface area contributed by atoms with E-state index in [0.717, 1.165) is 31.4 Å². The van der Waals surface area contributed by atoms with Crippen molar-refractivity contribution in [1.29, 1.82) is 0 Å². The van der Waals surface area contributed by atoms with Crippen molar-refractivity contribution in [2.75, 3.05) is 0 Å². The molecular weight excluding hydrogens is 332 g/mol. The van der Waals surface area contributed by atoms with Crippen LogP contribution in [0.3, 0.4) is 0 Å². The zero-order valence-corrected chi connectivity index (χ0v) is 14.6. The van der Waals surface area contributed by atoms with Crippen LogP contribution in [0.15, 0.2) is 40.5 Å². The van der Waals surface area contributed by atoms with E-state index in [-0.39, 0.29) is 23.4 Å². The van der Waals surface area contributed by atoms with Gasteiger partial charge in [-0.3, -0.25) is 9.59 Å². The molecule has 0 bridgehead atoms. The van der Waals surface area contributed by atoms with Crippen molar-refractivity contribution in [2.45, 2.75) is 39.0 Å². The lowest BCUT2D eigenvalue weighted by Gasteiger charge is -2.19.